The van der Waals surface area contributed by atoms with Gasteiger partial charge in [0.25, 0.3) is 0 Å². The van der Waals surface area contributed by atoms with Crippen LogP contribution in [0, 0.1) is 11.8 Å². The van der Waals surface area contributed by atoms with E-state index >= 15 is 0 Å². The molecule has 4 heteroatoms. The molecule has 3 nitrogen and oxygen atoms in total. The first-order chi connectivity index (χ1) is 8.02. The smallest absolute Gasteiger partial charge is 0.185 e. The van der Waals surface area contributed by atoms with Crippen molar-refractivity contribution >= 4 is 16.5 Å². The van der Waals surface area contributed by atoms with Gasteiger partial charge in [0.15, 0.2) is 5.13 Å². The van der Waals surface area contributed by atoms with Crippen LogP contribution in [0.5, 0.6) is 0 Å². The number of rotatable bonds is 7. The van der Waals surface area contributed by atoms with Crippen molar-refractivity contribution in [1.29, 1.82) is 0 Å². The molecule has 1 aromatic rings. The lowest BCUT2D eigenvalue weighted by Gasteiger charge is -2.25. The standard InChI is InChI=1S/C13H25N3S/c1-10(2)7-16(8-11(3)4)13-15-12(6-14-5)9-17-13/h9-11,14H,6-8H2,1-5H3. The average Bonchev–Trinajstić information content (AvgIpc) is 2.64. The van der Waals surface area contributed by atoms with E-state index in [9.17, 15) is 0 Å². The molecule has 1 rings (SSSR count). The molecular weight excluding hydrogens is 230 g/mol. The highest BCUT2D eigenvalue weighted by Crippen LogP contribution is 2.22. The topological polar surface area (TPSA) is 28.2 Å². The lowest BCUT2D eigenvalue weighted by molar-refractivity contribution is 0.551. The number of nitrogens with zero attached hydrogens (tertiary/aromatic N) is 2. The number of anilines is 1. The lowest BCUT2D eigenvalue weighted by Crippen LogP contribution is -2.31. The summed E-state index contributed by atoms with van der Waals surface area (Å²) in [5.41, 5.74) is 1.14. The zero-order valence-electron chi connectivity index (χ0n) is 11.7. The van der Waals surface area contributed by atoms with Crippen LogP contribution >= 0.6 is 11.3 Å². The second-order valence-corrected chi connectivity index (χ2v) is 6.18. The summed E-state index contributed by atoms with van der Waals surface area (Å²) in [6.07, 6.45) is 0. The zero-order valence-corrected chi connectivity index (χ0v) is 12.5. The van der Waals surface area contributed by atoms with Crippen molar-refractivity contribution in [3.63, 3.8) is 0 Å². The second kappa shape index (κ2) is 6.97. The van der Waals surface area contributed by atoms with Gasteiger partial charge in [-0.15, -0.1) is 11.3 Å². The maximum absolute atomic E-state index is 4.69. The molecule has 0 amide bonds. The molecule has 0 radical (unpaired) electrons. The van der Waals surface area contributed by atoms with Crippen LogP contribution < -0.4 is 10.2 Å². The van der Waals surface area contributed by atoms with Crippen LogP contribution in [0.4, 0.5) is 5.13 Å². The highest BCUT2D eigenvalue weighted by molar-refractivity contribution is 7.13. The molecule has 1 heterocycles. The van der Waals surface area contributed by atoms with Crippen molar-refractivity contribution in [3.8, 4) is 0 Å². The molecule has 0 aliphatic rings. The molecule has 0 aliphatic carbocycles. The fourth-order valence-corrected chi connectivity index (χ4v) is 2.66. The number of hydrogen-bond acceptors (Lipinski definition) is 4. The Morgan fingerprint density at radius 1 is 1.24 bits per heavy atom. The summed E-state index contributed by atoms with van der Waals surface area (Å²) in [6, 6.07) is 0. The summed E-state index contributed by atoms with van der Waals surface area (Å²) < 4.78 is 0. The van der Waals surface area contributed by atoms with Crippen molar-refractivity contribution in [2.24, 2.45) is 11.8 Å². The molecule has 1 N–H and O–H groups in total. The van der Waals surface area contributed by atoms with E-state index in [0.29, 0.717) is 11.8 Å². The van der Waals surface area contributed by atoms with E-state index in [1.54, 1.807) is 11.3 Å². The molecule has 0 unspecified atom stereocenters. The van der Waals surface area contributed by atoms with Crippen LogP contribution in [0.2, 0.25) is 0 Å². The van der Waals surface area contributed by atoms with Gasteiger partial charge in [0.1, 0.15) is 0 Å². The van der Waals surface area contributed by atoms with E-state index in [-0.39, 0.29) is 0 Å². The first-order valence-electron chi connectivity index (χ1n) is 6.36. The number of aromatic nitrogens is 1. The molecule has 1 aromatic heterocycles. The minimum Gasteiger partial charge on any atom is -0.348 e. The molecule has 17 heavy (non-hydrogen) atoms. The van der Waals surface area contributed by atoms with Crippen LogP contribution in [0.25, 0.3) is 0 Å². The Morgan fingerprint density at radius 3 is 2.29 bits per heavy atom. The SMILES string of the molecule is CNCc1csc(N(CC(C)C)CC(C)C)n1. The predicted octanol–water partition coefficient (Wildman–Crippen LogP) is 2.98. The maximum atomic E-state index is 4.69. The van der Waals surface area contributed by atoms with Gasteiger partial charge in [-0.3, -0.25) is 0 Å². The molecule has 0 aromatic carbocycles. The second-order valence-electron chi connectivity index (χ2n) is 5.34. The summed E-state index contributed by atoms with van der Waals surface area (Å²) in [5, 5.41) is 6.46. The van der Waals surface area contributed by atoms with Crippen LogP contribution in [-0.4, -0.2) is 25.1 Å². The van der Waals surface area contributed by atoms with E-state index < -0.39 is 0 Å². The molecule has 0 saturated carbocycles. The Kier molecular flexibility index (Phi) is 5.92. The van der Waals surface area contributed by atoms with Gasteiger partial charge in [-0.05, 0) is 18.9 Å². The minimum atomic E-state index is 0.672. The van der Waals surface area contributed by atoms with Gasteiger partial charge < -0.3 is 10.2 Å². The van der Waals surface area contributed by atoms with Crippen LogP contribution in [0.3, 0.4) is 0 Å². The van der Waals surface area contributed by atoms with Gasteiger partial charge in [-0.1, -0.05) is 27.7 Å². The molecular formula is C13H25N3S. The Morgan fingerprint density at radius 2 is 1.82 bits per heavy atom. The monoisotopic (exact) mass is 255 g/mol. The highest BCUT2D eigenvalue weighted by Gasteiger charge is 2.13. The average molecular weight is 255 g/mol. The fraction of sp³-hybridized carbons (Fsp3) is 0.769. The van der Waals surface area contributed by atoms with Gasteiger partial charge in [-0.2, -0.15) is 0 Å². The van der Waals surface area contributed by atoms with E-state index in [1.807, 2.05) is 7.05 Å². The Labute approximate surface area is 109 Å². The molecule has 0 atom stereocenters. The van der Waals surface area contributed by atoms with E-state index in [0.717, 1.165) is 30.5 Å². The molecule has 0 spiro atoms. The van der Waals surface area contributed by atoms with Crippen molar-refractivity contribution in [3.05, 3.63) is 11.1 Å². The minimum absolute atomic E-state index is 0.672. The summed E-state index contributed by atoms with van der Waals surface area (Å²) in [7, 11) is 1.96. The van der Waals surface area contributed by atoms with E-state index in [4.69, 9.17) is 0 Å². The van der Waals surface area contributed by atoms with Gasteiger partial charge in [0.05, 0.1) is 5.69 Å². The summed E-state index contributed by atoms with van der Waals surface area (Å²) in [5.74, 6) is 1.34. The highest BCUT2D eigenvalue weighted by atomic mass is 32.1. The van der Waals surface area contributed by atoms with Gasteiger partial charge in [0, 0.05) is 25.0 Å². The molecule has 0 bridgehead atoms. The van der Waals surface area contributed by atoms with Crippen LogP contribution in [0.15, 0.2) is 5.38 Å². The van der Waals surface area contributed by atoms with E-state index in [1.165, 1.54) is 0 Å². The quantitative estimate of drug-likeness (QED) is 0.812. The van der Waals surface area contributed by atoms with E-state index in [2.05, 4.69) is 48.3 Å². The Bertz CT molecular complexity index is 310. The first kappa shape index (κ1) is 14.5. The van der Waals surface area contributed by atoms with Gasteiger partial charge >= 0.3 is 0 Å². The maximum Gasteiger partial charge on any atom is 0.185 e. The normalized spacial score (nSPS) is 11.5. The van der Waals surface area contributed by atoms with Gasteiger partial charge in [-0.25, -0.2) is 4.98 Å². The van der Waals surface area contributed by atoms with Crippen molar-refractivity contribution in [1.82, 2.24) is 10.3 Å². The third kappa shape index (κ3) is 5.04. The molecule has 0 fully saturated rings. The number of thiazole rings is 1. The molecule has 0 saturated heterocycles. The Balaban J connectivity index is 2.72. The summed E-state index contributed by atoms with van der Waals surface area (Å²) in [6.45, 7) is 12.1. The van der Waals surface area contributed by atoms with Gasteiger partial charge in [0.2, 0.25) is 0 Å². The largest absolute Gasteiger partial charge is 0.348 e. The number of hydrogen-bond donors (Lipinski definition) is 1. The zero-order chi connectivity index (χ0) is 12.8. The first-order valence-corrected chi connectivity index (χ1v) is 7.24. The third-order valence-electron chi connectivity index (χ3n) is 2.34. The Hall–Kier alpha value is -0.610. The van der Waals surface area contributed by atoms with Crippen molar-refractivity contribution in [2.45, 2.75) is 34.2 Å². The van der Waals surface area contributed by atoms with Crippen LogP contribution in [-0.2, 0) is 6.54 Å². The van der Waals surface area contributed by atoms with Crippen molar-refractivity contribution < 1.29 is 0 Å². The fourth-order valence-electron chi connectivity index (χ4n) is 1.82. The third-order valence-corrected chi connectivity index (χ3v) is 3.29. The molecule has 0 aliphatic heterocycles. The summed E-state index contributed by atoms with van der Waals surface area (Å²) in [4.78, 5) is 7.10. The summed E-state index contributed by atoms with van der Waals surface area (Å²) >= 11 is 1.76. The van der Waals surface area contributed by atoms with Crippen molar-refractivity contribution in [2.75, 3.05) is 25.0 Å². The van der Waals surface area contributed by atoms with Crippen LogP contribution in [0.1, 0.15) is 33.4 Å². The number of nitrogens with one attached hydrogen (secondary N) is 1. The lowest BCUT2D eigenvalue weighted by atomic mass is 10.1. The predicted molar refractivity (Wildman–Crippen MR) is 76.8 cm³/mol. The molecule has 98 valence electrons.